The number of urea groups is 1. The molecule has 114 valence electrons. The second kappa shape index (κ2) is 8.61. The maximum Gasteiger partial charge on any atom is 0.318 e. The van der Waals surface area contributed by atoms with Gasteiger partial charge in [-0.2, -0.15) is 0 Å². The lowest BCUT2D eigenvalue weighted by Gasteiger charge is -2.05. The van der Waals surface area contributed by atoms with E-state index in [1.165, 1.54) is 0 Å². The Hall–Kier alpha value is -1.78. The van der Waals surface area contributed by atoms with Crippen LogP contribution in [0.3, 0.4) is 0 Å². The number of rotatable bonds is 5. The summed E-state index contributed by atoms with van der Waals surface area (Å²) in [4.78, 5) is 11.7. The number of carbonyl (C=O) groups excluding carboxylic acids is 1. The van der Waals surface area contributed by atoms with Gasteiger partial charge in [-0.05, 0) is 41.8 Å². The lowest BCUT2D eigenvalue weighted by molar-refractivity contribution is 0.244. The number of hydrogen-bond donors (Lipinski definition) is 2. The van der Waals surface area contributed by atoms with Crippen molar-refractivity contribution in [1.29, 1.82) is 0 Å². The van der Waals surface area contributed by atoms with Crippen LogP contribution in [0.15, 0.2) is 59.2 Å². The SMILES string of the molecule is O=C(N/C=C/c1ccccc1Br)NCCc1ccc(Cl)cc1. The quantitative estimate of drug-likeness (QED) is 0.782. The standard InChI is InChI=1S/C17H16BrClN2O/c18-16-4-2-1-3-14(16)10-12-21-17(22)20-11-9-13-5-7-15(19)8-6-13/h1-8,10,12H,9,11H2,(H2,20,21,22)/b12-10+. The van der Waals surface area contributed by atoms with Gasteiger partial charge in [0, 0.05) is 22.2 Å². The van der Waals surface area contributed by atoms with Gasteiger partial charge in [0.15, 0.2) is 0 Å². The Morgan fingerprint density at radius 2 is 1.86 bits per heavy atom. The second-order valence-electron chi connectivity index (χ2n) is 4.63. The summed E-state index contributed by atoms with van der Waals surface area (Å²) < 4.78 is 0.983. The van der Waals surface area contributed by atoms with E-state index >= 15 is 0 Å². The second-order valence-corrected chi connectivity index (χ2v) is 5.92. The van der Waals surface area contributed by atoms with Crippen LogP contribution in [0.25, 0.3) is 6.08 Å². The molecule has 0 bridgehead atoms. The van der Waals surface area contributed by atoms with Gasteiger partial charge < -0.3 is 10.6 Å². The van der Waals surface area contributed by atoms with Crippen molar-refractivity contribution in [3.05, 3.63) is 75.4 Å². The van der Waals surface area contributed by atoms with Gasteiger partial charge in [-0.1, -0.05) is 57.9 Å². The average Bonchev–Trinajstić information content (AvgIpc) is 2.51. The molecule has 22 heavy (non-hydrogen) atoms. The van der Waals surface area contributed by atoms with Crippen molar-refractivity contribution in [1.82, 2.24) is 10.6 Å². The van der Waals surface area contributed by atoms with Crippen molar-refractivity contribution in [2.24, 2.45) is 0 Å². The first-order chi connectivity index (χ1) is 10.6. The third-order valence-electron chi connectivity index (χ3n) is 3.00. The normalized spacial score (nSPS) is 10.6. The molecule has 0 saturated heterocycles. The van der Waals surface area contributed by atoms with Gasteiger partial charge in [-0.15, -0.1) is 0 Å². The molecule has 2 rings (SSSR count). The number of carbonyl (C=O) groups is 1. The van der Waals surface area contributed by atoms with Crippen LogP contribution in [-0.2, 0) is 6.42 Å². The fourth-order valence-corrected chi connectivity index (χ4v) is 2.38. The molecular weight excluding hydrogens is 364 g/mol. The van der Waals surface area contributed by atoms with Crippen molar-refractivity contribution in [2.75, 3.05) is 6.54 Å². The molecule has 3 nitrogen and oxygen atoms in total. The minimum atomic E-state index is -0.225. The number of nitrogens with one attached hydrogen (secondary N) is 2. The van der Waals surface area contributed by atoms with Crippen LogP contribution in [0.5, 0.6) is 0 Å². The predicted molar refractivity (Wildman–Crippen MR) is 94.9 cm³/mol. The molecule has 2 amide bonds. The first-order valence-electron chi connectivity index (χ1n) is 6.85. The van der Waals surface area contributed by atoms with E-state index < -0.39 is 0 Å². The molecule has 2 aromatic rings. The van der Waals surface area contributed by atoms with E-state index in [-0.39, 0.29) is 6.03 Å². The molecule has 0 heterocycles. The number of amides is 2. The van der Waals surface area contributed by atoms with Crippen LogP contribution in [0.4, 0.5) is 4.79 Å². The summed E-state index contributed by atoms with van der Waals surface area (Å²) in [6.45, 7) is 0.566. The summed E-state index contributed by atoms with van der Waals surface area (Å²) in [5.41, 5.74) is 2.14. The molecule has 0 saturated carbocycles. The minimum absolute atomic E-state index is 0.225. The Labute approximate surface area is 143 Å². The lowest BCUT2D eigenvalue weighted by Crippen LogP contribution is -2.33. The fourth-order valence-electron chi connectivity index (χ4n) is 1.84. The molecule has 0 radical (unpaired) electrons. The molecule has 0 atom stereocenters. The van der Waals surface area contributed by atoms with Gasteiger partial charge in [0.05, 0.1) is 0 Å². The van der Waals surface area contributed by atoms with Crippen LogP contribution >= 0.6 is 27.5 Å². The summed E-state index contributed by atoms with van der Waals surface area (Å²) in [5.74, 6) is 0. The topological polar surface area (TPSA) is 41.1 Å². The van der Waals surface area contributed by atoms with E-state index in [1.807, 2.05) is 54.6 Å². The van der Waals surface area contributed by atoms with Crippen molar-refractivity contribution >= 4 is 39.6 Å². The number of halogens is 2. The van der Waals surface area contributed by atoms with Gasteiger partial charge in [0.2, 0.25) is 0 Å². The van der Waals surface area contributed by atoms with Gasteiger partial charge >= 0.3 is 6.03 Å². The monoisotopic (exact) mass is 378 g/mol. The summed E-state index contributed by atoms with van der Waals surface area (Å²) in [7, 11) is 0. The highest BCUT2D eigenvalue weighted by molar-refractivity contribution is 9.10. The Bertz CT molecular complexity index is 656. The van der Waals surface area contributed by atoms with Crippen molar-refractivity contribution in [2.45, 2.75) is 6.42 Å². The number of benzene rings is 2. The first-order valence-corrected chi connectivity index (χ1v) is 8.02. The van der Waals surface area contributed by atoms with E-state index in [1.54, 1.807) is 6.20 Å². The summed E-state index contributed by atoms with van der Waals surface area (Å²) in [5, 5.41) is 6.20. The smallest absolute Gasteiger partial charge is 0.318 e. The Morgan fingerprint density at radius 1 is 1.14 bits per heavy atom. The van der Waals surface area contributed by atoms with Gasteiger partial charge in [0.1, 0.15) is 0 Å². The molecule has 5 heteroatoms. The highest BCUT2D eigenvalue weighted by Crippen LogP contribution is 2.16. The number of hydrogen-bond acceptors (Lipinski definition) is 1. The summed E-state index contributed by atoms with van der Waals surface area (Å²) >= 11 is 9.27. The highest BCUT2D eigenvalue weighted by Gasteiger charge is 1.98. The zero-order valence-corrected chi connectivity index (χ0v) is 14.2. The molecule has 0 aliphatic heterocycles. The zero-order valence-electron chi connectivity index (χ0n) is 11.9. The third kappa shape index (κ3) is 5.54. The van der Waals surface area contributed by atoms with E-state index in [4.69, 9.17) is 11.6 Å². The molecule has 0 fully saturated rings. The van der Waals surface area contributed by atoms with Crippen molar-refractivity contribution in [3.63, 3.8) is 0 Å². The molecule has 0 spiro atoms. The maximum atomic E-state index is 11.7. The van der Waals surface area contributed by atoms with Crippen LogP contribution in [0, 0.1) is 0 Å². The highest BCUT2D eigenvalue weighted by atomic mass is 79.9. The molecule has 0 aromatic heterocycles. The van der Waals surface area contributed by atoms with E-state index in [2.05, 4.69) is 26.6 Å². The van der Waals surface area contributed by atoms with Crippen LogP contribution in [0.1, 0.15) is 11.1 Å². The molecule has 0 aliphatic rings. The summed E-state index contributed by atoms with van der Waals surface area (Å²) in [6, 6.07) is 15.2. The Balaban J connectivity index is 1.72. The van der Waals surface area contributed by atoms with Crippen LogP contribution < -0.4 is 10.6 Å². The van der Waals surface area contributed by atoms with Crippen molar-refractivity contribution in [3.8, 4) is 0 Å². The largest absolute Gasteiger partial charge is 0.338 e. The Morgan fingerprint density at radius 3 is 2.59 bits per heavy atom. The van der Waals surface area contributed by atoms with Crippen LogP contribution in [0.2, 0.25) is 5.02 Å². The molecular formula is C17H16BrClN2O. The third-order valence-corrected chi connectivity index (χ3v) is 3.97. The van der Waals surface area contributed by atoms with Gasteiger partial charge in [-0.3, -0.25) is 0 Å². The van der Waals surface area contributed by atoms with Crippen molar-refractivity contribution < 1.29 is 4.79 Å². The first kappa shape index (κ1) is 16.6. The van der Waals surface area contributed by atoms with E-state index in [0.29, 0.717) is 11.6 Å². The lowest BCUT2D eigenvalue weighted by atomic mass is 10.1. The molecule has 0 aliphatic carbocycles. The molecule has 2 N–H and O–H groups in total. The molecule has 0 unspecified atom stereocenters. The van der Waals surface area contributed by atoms with E-state index in [9.17, 15) is 4.79 Å². The van der Waals surface area contributed by atoms with Gasteiger partial charge in [0.25, 0.3) is 0 Å². The van der Waals surface area contributed by atoms with Gasteiger partial charge in [-0.25, -0.2) is 4.79 Å². The van der Waals surface area contributed by atoms with E-state index in [0.717, 1.165) is 22.0 Å². The average molecular weight is 380 g/mol. The molecule has 2 aromatic carbocycles. The minimum Gasteiger partial charge on any atom is -0.338 e. The Kier molecular flexibility index (Phi) is 6.49. The fraction of sp³-hybridized carbons (Fsp3) is 0.118. The van der Waals surface area contributed by atoms with Crippen LogP contribution in [-0.4, -0.2) is 12.6 Å². The predicted octanol–water partition coefficient (Wildman–Crippen LogP) is 4.62. The maximum absolute atomic E-state index is 11.7. The zero-order chi connectivity index (χ0) is 15.8. The summed E-state index contributed by atoms with van der Waals surface area (Å²) in [6.07, 6.45) is 4.22.